The molecule has 0 aliphatic heterocycles. The number of aromatic nitrogens is 3. The highest BCUT2D eigenvalue weighted by Crippen LogP contribution is 2.56. The van der Waals surface area contributed by atoms with Crippen LogP contribution < -0.4 is 5.56 Å². The second kappa shape index (κ2) is 9.55. The van der Waals surface area contributed by atoms with Crippen LogP contribution in [0.15, 0.2) is 58.6 Å². The summed E-state index contributed by atoms with van der Waals surface area (Å²) in [5.41, 5.74) is 0.812. The van der Waals surface area contributed by atoms with Gasteiger partial charge in [-0.2, -0.15) is 0 Å². The van der Waals surface area contributed by atoms with Crippen molar-refractivity contribution < 1.29 is 17.2 Å². The second-order valence-electron chi connectivity index (χ2n) is 9.42. The molecule has 3 heterocycles. The Kier molecular flexibility index (Phi) is 6.65. The van der Waals surface area contributed by atoms with E-state index in [0.717, 1.165) is 28.9 Å². The molecule has 0 radical (unpaired) electrons. The van der Waals surface area contributed by atoms with E-state index in [-0.39, 0.29) is 28.1 Å². The molecule has 5 rings (SSSR count). The fraction of sp³-hybridized carbons (Fsp3) is 0.222. The van der Waals surface area contributed by atoms with Crippen LogP contribution in [0.3, 0.4) is 0 Å². The van der Waals surface area contributed by atoms with Gasteiger partial charge in [0.2, 0.25) is 0 Å². The lowest BCUT2D eigenvalue weighted by molar-refractivity contribution is 0.569. The number of rotatable bonds is 5. The van der Waals surface area contributed by atoms with Gasteiger partial charge in [0.05, 0.1) is 10.7 Å². The maximum Gasteiger partial charge on any atom is 0.274 e. The van der Waals surface area contributed by atoms with E-state index in [4.69, 9.17) is 23.2 Å². The number of aryl methyl sites for hydroxylation is 2. The van der Waals surface area contributed by atoms with Gasteiger partial charge in [-0.1, -0.05) is 29.3 Å². The van der Waals surface area contributed by atoms with E-state index < -0.39 is 37.6 Å². The zero-order valence-corrected chi connectivity index (χ0v) is 22.8. The Morgan fingerprint density at radius 1 is 1.03 bits per heavy atom. The van der Waals surface area contributed by atoms with Crippen molar-refractivity contribution in [3.63, 3.8) is 0 Å². The van der Waals surface area contributed by atoms with Crippen molar-refractivity contribution in [2.45, 2.75) is 37.0 Å². The molecule has 0 amide bonds. The Labute approximate surface area is 227 Å². The predicted molar refractivity (Wildman–Crippen MR) is 142 cm³/mol. The Morgan fingerprint density at radius 3 is 2.45 bits per heavy atom. The smallest absolute Gasteiger partial charge is 0.274 e. The van der Waals surface area contributed by atoms with Crippen LogP contribution >= 0.6 is 23.2 Å². The van der Waals surface area contributed by atoms with Gasteiger partial charge in [-0.15, -0.1) is 0 Å². The topological polar surface area (TPSA) is 81.9 Å². The normalized spacial score (nSPS) is 17.0. The van der Waals surface area contributed by atoms with Gasteiger partial charge in [-0.25, -0.2) is 17.2 Å². The standard InChI is InChI=1S/C27H21Cl2F2N3O3S/c1-13-10-33-25(17-5-4-6-21(23(17)30)38(3,36)37)24(31)26(13)34-14(2)7-20(22(29)27(34)35)19-9-18(19)15-8-16(28)12-32-11-15/h4-8,10-12,18-19H,9H2,1-3H3/t18-,19+/m1/s1. The van der Waals surface area contributed by atoms with E-state index in [1.165, 1.54) is 18.3 Å². The zero-order valence-electron chi connectivity index (χ0n) is 20.5. The molecular formula is C27H21Cl2F2N3O3S. The largest absolute Gasteiger partial charge is 0.277 e. The van der Waals surface area contributed by atoms with Crippen LogP contribution in [-0.4, -0.2) is 29.2 Å². The quantitative estimate of drug-likeness (QED) is 0.284. The molecule has 1 saturated carbocycles. The van der Waals surface area contributed by atoms with Gasteiger partial charge >= 0.3 is 0 Å². The van der Waals surface area contributed by atoms with Crippen LogP contribution in [0.4, 0.5) is 8.78 Å². The van der Waals surface area contributed by atoms with Gasteiger partial charge in [0.25, 0.3) is 5.56 Å². The summed E-state index contributed by atoms with van der Waals surface area (Å²) in [5.74, 6) is -2.01. The van der Waals surface area contributed by atoms with Crippen molar-refractivity contribution in [2.75, 3.05) is 6.26 Å². The molecule has 0 saturated heterocycles. The van der Waals surface area contributed by atoms with Crippen LogP contribution in [0.5, 0.6) is 0 Å². The summed E-state index contributed by atoms with van der Waals surface area (Å²) in [6.45, 7) is 3.22. The summed E-state index contributed by atoms with van der Waals surface area (Å²) in [4.78, 5) is 21.1. The predicted octanol–water partition coefficient (Wildman–Crippen LogP) is 6.17. The van der Waals surface area contributed by atoms with Gasteiger partial charge in [-0.3, -0.25) is 19.3 Å². The zero-order chi connectivity index (χ0) is 27.5. The van der Waals surface area contributed by atoms with Crippen molar-refractivity contribution in [1.82, 2.24) is 14.5 Å². The molecule has 38 heavy (non-hydrogen) atoms. The van der Waals surface area contributed by atoms with E-state index in [1.54, 1.807) is 32.3 Å². The Morgan fingerprint density at radius 2 is 1.76 bits per heavy atom. The third-order valence-electron chi connectivity index (χ3n) is 6.72. The Bertz CT molecular complexity index is 1790. The minimum atomic E-state index is -3.91. The SMILES string of the molecule is Cc1cnc(-c2cccc(S(C)(=O)=O)c2F)c(F)c1-n1c(C)cc([C@H]2C[C@@H]2c2cncc(Cl)c2)c(Cl)c1=O. The van der Waals surface area contributed by atoms with Crippen LogP contribution in [0, 0.1) is 25.5 Å². The molecule has 0 unspecified atom stereocenters. The van der Waals surface area contributed by atoms with E-state index in [2.05, 4.69) is 9.97 Å². The molecule has 6 nitrogen and oxygen atoms in total. The van der Waals surface area contributed by atoms with Crippen molar-refractivity contribution in [2.24, 2.45) is 0 Å². The first-order chi connectivity index (χ1) is 17.9. The first kappa shape index (κ1) is 26.5. The third kappa shape index (κ3) is 4.52. The second-order valence-corrected chi connectivity index (χ2v) is 12.2. The number of nitrogens with zero attached hydrogens (tertiary/aromatic N) is 3. The minimum absolute atomic E-state index is 0.0180. The summed E-state index contributed by atoms with van der Waals surface area (Å²) in [6.07, 6.45) is 6.20. The fourth-order valence-electron chi connectivity index (χ4n) is 4.83. The average Bonchev–Trinajstić information content (AvgIpc) is 3.64. The number of pyridine rings is 3. The molecule has 0 N–H and O–H groups in total. The summed E-state index contributed by atoms with van der Waals surface area (Å²) in [7, 11) is -3.91. The molecule has 3 aromatic heterocycles. The molecule has 2 atom stereocenters. The lowest BCUT2D eigenvalue weighted by Crippen LogP contribution is -2.24. The van der Waals surface area contributed by atoms with Gasteiger partial charge in [0, 0.05) is 36.1 Å². The van der Waals surface area contributed by atoms with Crippen molar-refractivity contribution in [3.05, 3.63) is 103 Å². The highest BCUT2D eigenvalue weighted by atomic mass is 35.5. The maximum atomic E-state index is 16.0. The van der Waals surface area contributed by atoms with Crippen molar-refractivity contribution >= 4 is 33.0 Å². The molecule has 4 aromatic rings. The first-order valence-electron chi connectivity index (χ1n) is 11.6. The molecule has 1 aliphatic carbocycles. The lowest BCUT2D eigenvalue weighted by atomic mass is 10.0. The highest BCUT2D eigenvalue weighted by Gasteiger charge is 2.42. The van der Waals surface area contributed by atoms with Crippen LogP contribution in [0.1, 0.15) is 40.6 Å². The molecule has 0 bridgehead atoms. The summed E-state index contributed by atoms with van der Waals surface area (Å²) in [5, 5.41) is 0.476. The van der Waals surface area contributed by atoms with E-state index in [1.807, 2.05) is 6.07 Å². The van der Waals surface area contributed by atoms with Gasteiger partial charge in [0.1, 0.15) is 15.6 Å². The molecular weight excluding hydrogens is 555 g/mol. The van der Waals surface area contributed by atoms with E-state index >= 15 is 8.78 Å². The van der Waals surface area contributed by atoms with Crippen LogP contribution in [0.2, 0.25) is 10.0 Å². The number of hydrogen-bond donors (Lipinski definition) is 0. The third-order valence-corrected chi connectivity index (χ3v) is 8.42. The summed E-state index contributed by atoms with van der Waals surface area (Å²) >= 11 is 12.6. The van der Waals surface area contributed by atoms with Crippen molar-refractivity contribution in [3.8, 4) is 16.9 Å². The lowest BCUT2D eigenvalue weighted by Gasteiger charge is -2.18. The maximum absolute atomic E-state index is 16.0. The summed E-state index contributed by atoms with van der Waals surface area (Å²) < 4.78 is 56.3. The molecule has 1 aliphatic rings. The first-order valence-corrected chi connectivity index (χ1v) is 14.2. The number of hydrogen-bond acceptors (Lipinski definition) is 5. The number of sulfone groups is 1. The molecule has 196 valence electrons. The van der Waals surface area contributed by atoms with E-state index in [0.29, 0.717) is 21.8 Å². The van der Waals surface area contributed by atoms with Crippen LogP contribution in [-0.2, 0) is 9.84 Å². The monoisotopic (exact) mass is 575 g/mol. The number of halogens is 4. The molecule has 0 spiro atoms. The van der Waals surface area contributed by atoms with Gasteiger partial charge < -0.3 is 0 Å². The fourth-order valence-corrected chi connectivity index (χ4v) is 6.05. The summed E-state index contributed by atoms with van der Waals surface area (Å²) in [6, 6.07) is 7.21. The van der Waals surface area contributed by atoms with E-state index in [9.17, 15) is 13.2 Å². The average molecular weight is 576 g/mol. The van der Waals surface area contributed by atoms with Gasteiger partial charge in [-0.05, 0) is 73.1 Å². The van der Waals surface area contributed by atoms with Crippen LogP contribution in [0.25, 0.3) is 16.9 Å². The Hall–Kier alpha value is -3.14. The highest BCUT2D eigenvalue weighted by molar-refractivity contribution is 7.90. The van der Waals surface area contributed by atoms with Gasteiger partial charge in [0.15, 0.2) is 21.5 Å². The van der Waals surface area contributed by atoms with Crippen molar-refractivity contribution in [1.29, 1.82) is 0 Å². The minimum Gasteiger partial charge on any atom is -0.277 e. The Balaban J connectivity index is 1.62. The molecule has 1 aromatic carbocycles. The molecule has 1 fully saturated rings. The number of benzene rings is 1. The molecule has 11 heteroatoms.